The molecule has 0 N–H and O–H groups in total. The SMILES string of the molecule is C=N/C(=C\N=C(C)C)C(=O)N1CCN(c2ccc(-c3cc(-c4cnn(C)c4)cn4ncc(C#N)c34)cn2)CC1. The average Bonchev–Trinajstić information content (AvgIpc) is 3.58. The van der Waals surface area contributed by atoms with Crippen molar-refractivity contribution in [3.63, 3.8) is 0 Å². The lowest BCUT2D eigenvalue weighted by Gasteiger charge is -2.35. The highest BCUT2D eigenvalue weighted by molar-refractivity contribution is 5.94. The van der Waals surface area contributed by atoms with E-state index in [1.54, 1.807) is 26.5 Å². The monoisotopic (exact) mass is 520 g/mol. The molecule has 0 unspecified atom stereocenters. The normalized spacial score (nSPS) is 13.8. The molecular formula is C28H28N10O. The minimum absolute atomic E-state index is 0.176. The van der Waals surface area contributed by atoms with E-state index in [1.165, 1.54) is 6.20 Å². The third kappa shape index (κ3) is 5.17. The summed E-state index contributed by atoms with van der Waals surface area (Å²) in [6, 6.07) is 8.26. The van der Waals surface area contributed by atoms with Crippen LogP contribution in [-0.4, -0.2) is 73.8 Å². The molecule has 0 spiro atoms. The molecule has 11 nitrogen and oxygen atoms in total. The predicted octanol–water partition coefficient (Wildman–Crippen LogP) is 3.34. The van der Waals surface area contributed by atoms with Gasteiger partial charge in [0, 0.05) is 79.8 Å². The van der Waals surface area contributed by atoms with Crippen molar-refractivity contribution in [1.29, 1.82) is 5.26 Å². The molecule has 1 fully saturated rings. The number of amides is 1. The molecule has 0 aromatic carbocycles. The van der Waals surface area contributed by atoms with E-state index in [9.17, 15) is 10.1 Å². The minimum Gasteiger partial charge on any atom is -0.353 e. The minimum atomic E-state index is -0.176. The highest BCUT2D eigenvalue weighted by atomic mass is 16.2. The number of rotatable bonds is 6. The number of aliphatic imine (C=N–C) groups is 2. The van der Waals surface area contributed by atoms with E-state index in [4.69, 9.17) is 4.98 Å². The van der Waals surface area contributed by atoms with Crippen molar-refractivity contribution < 1.29 is 4.79 Å². The van der Waals surface area contributed by atoms with Gasteiger partial charge in [0.2, 0.25) is 0 Å². The summed E-state index contributed by atoms with van der Waals surface area (Å²) in [7, 11) is 1.87. The summed E-state index contributed by atoms with van der Waals surface area (Å²) >= 11 is 0. The standard InChI is InChI=1S/C28H28N10O/c1-19(2)31-16-25(30-3)28(39)37-9-7-36(8-10-37)26-6-5-20(13-32-26)24-11-21(23-15-33-35(4)17-23)18-38-27(24)22(12-29)14-34-38/h5-6,11,13-18H,3,7-10H2,1-2,4H3/b25-16-. The Morgan fingerprint density at radius 1 is 1.05 bits per heavy atom. The maximum absolute atomic E-state index is 12.8. The lowest BCUT2D eigenvalue weighted by molar-refractivity contribution is -0.127. The molecule has 0 atom stereocenters. The molecule has 196 valence electrons. The molecular weight excluding hydrogens is 492 g/mol. The molecule has 5 heterocycles. The molecule has 4 aromatic heterocycles. The van der Waals surface area contributed by atoms with Crippen molar-refractivity contribution in [2.24, 2.45) is 17.0 Å². The van der Waals surface area contributed by atoms with Crippen molar-refractivity contribution >= 4 is 29.7 Å². The number of fused-ring (bicyclic) bond motifs is 1. The second-order valence-corrected chi connectivity index (χ2v) is 9.44. The molecule has 1 saturated heterocycles. The van der Waals surface area contributed by atoms with Crippen LogP contribution in [0.5, 0.6) is 0 Å². The van der Waals surface area contributed by atoms with E-state index in [1.807, 2.05) is 57.7 Å². The Bertz CT molecular complexity index is 1640. The number of anilines is 1. The average molecular weight is 521 g/mol. The van der Waals surface area contributed by atoms with Crippen LogP contribution in [0.25, 0.3) is 27.8 Å². The number of aromatic nitrogens is 5. The van der Waals surface area contributed by atoms with Gasteiger partial charge in [-0.3, -0.25) is 19.5 Å². The van der Waals surface area contributed by atoms with Crippen molar-refractivity contribution in [1.82, 2.24) is 29.3 Å². The predicted molar refractivity (Wildman–Crippen MR) is 151 cm³/mol. The van der Waals surface area contributed by atoms with Crippen LogP contribution in [0, 0.1) is 11.3 Å². The smallest absolute Gasteiger partial charge is 0.274 e. The van der Waals surface area contributed by atoms with Crippen LogP contribution in [0.3, 0.4) is 0 Å². The third-order valence-corrected chi connectivity index (χ3v) is 6.55. The van der Waals surface area contributed by atoms with Crippen LogP contribution in [0.15, 0.2) is 71.1 Å². The molecule has 1 aliphatic rings. The molecule has 11 heteroatoms. The Morgan fingerprint density at radius 3 is 2.46 bits per heavy atom. The van der Waals surface area contributed by atoms with Crippen LogP contribution in [0.1, 0.15) is 19.4 Å². The summed E-state index contributed by atoms with van der Waals surface area (Å²) < 4.78 is 3.48. The van der Waals surface area contributed by atoms with Gasteiger partial charge in [0.15, 0.2) is 0 Å². The molecule has 0 aliphatic carbocycles. The fraction of sp³-hybridized carbons (Fsp3) is 0.250. The quantitative estimate of drug-likeness (QED) is 0.284. The zero-order valence-corrected chi connectivity index (χ0v) is 22.1. The van der Waals surface area contributed by atoms with Crippen LogP contribution < -0.4 is 4.90 Å². The fourth-order valence-corrected chi connectivity index (χ4v) is 4.54. The third-order valence-electron chi connectivity index (χ3n) is 6.55. The molecule has 39 heavy (non-hydrogen) atoms. The zero-order valence-electron chi connectivity index (χ0n) is 22.1. The first kappa shape index (κ1) is 25.5. The number of carbonyl (C=O) groups excluding carboxylic acids is 1. The zero-order chi connectivity index (χ0) is 27.5. The number of nitrogens with zero attached hydrogens (tertiary/aromatic N) is 10. The molecule has 1 amide bonds. The summed E-state index contributed by atoms with van der Waals surface area (Å²) in [5.74, 6) is 0.646. The topological polar surface area (TPSA) is 120 Å². The number of aryl methyl sites for hydroxylation is 1. The van der Waals surface area contributed by atoms with Gasteiger partial charge in [-0.25, -0.2) is 9.50 Å². The van der Waals surface area contributed by atoms with E-state index >= 15 is 0 Å². The Kier molecular flexibility index (Phi) is 7.01. The second kappa shape index (κ2) is 10.7. The van der Waals surface area contributed by atoms with Gasteiger partial charge in [-0.1, -0.05) is 0 Å². The summed E-state index contributed by atoms with van der Waals surface area (Å²) in [4.78, 5) is 29.5. The lowest BCUT2D eigenvalue weighted by Crippen LogP contribution is -2.49. The number of nitriles is 1. The first-order chi connectivity index (χ1) is 18.9. The number of hydrogen-bond acceptors (Lipinski definition) is 8. The summed E-state index contributed by atoms with van der Waals surface area (Å²) in [6.45, 7) is 9.59. The van der Waals surface area contributed by atoms with Crippen LogP contribution in [0.2, 0.25) is 0 Å². The van der Waals surface area contributed by atoms with E-state index in [-0.39, 0.29) is 11.6 Å². The van der Waals surface area contributed by atoms with Crippen LogP contribution in [0.4, 0.5) is 5.82 Å². The number of carbonyl (C=O) groups is 1. The molecule has 0 saturated carbocycles. The first-order valence-electron chi connectivity index (χ1n) is 12.5. The highest BCUT2D eigenvalue weighted by Gasteiger charge is 2.24. The largest absolute Gasteiger partial charge is 0.353 e. The van der Waals surface area contributed by atoms with Gasteiger partial charge in [0.25, 0.3) is 5.91 Å². The maximum Gasteiger partial charge on any atom is 0.274 e. The van der Waals surface area contributed by atoms with E-state index in [0.717, 1.165) is 39.3 Å². The van der Waals surface area contributed by atoms with Gasteiger partial charge in [-0.05, 0) is 38.8 Å². The van der Waals surface area contributed by atoms with Gasteiger partial charge >= 0.3 is 0 Å². The molecule has 1 aliphatic heterocycles. The summed E-state index contributed by atoms with van der Waals surface area (Å²) in [6.07, 6.45) is 10.5. The number of hydrogen-bond donors (Lipinski definition) is 0. The van der Waals surface area contributed by atoms with Crippen LogP contribution >= 0.6 is 0 Å². The van der Waals surface area contributed by atoms with Crippen molar-refractivity contribution in [3.8, 4) is 28.3 Å². The maximum atomic E-state index is 12.8. The summed E-state index contributed by atoms with van der Waals surface area (Å²) in [5.41, 5.74) is 5.93. The Hall–Kier alpha value is -5.11. The van der Waals surface area contributed by atoms with E-state index in [0.29, 0.717) is 31.7 Å². The Balaban J connectivity index is 1.37. The van der Waals surface area contributed by atoms with E-state index in [2.05, 4.69) is 37.9 Å². The molecule has 0 bridgehead atoms. The van der Waals surface area contributed by atoms with Gasteiger partial charge in [-0.2, -0.15) is 15.5 Å². The lowest BCUT2D eigenvalue weighted by atomic mass is 10.0. The van der Waals surface area contributed by atoms with Crippen molar-refractivity contribution in [2.45, 2.75) is 13.8 Å². The van der Waals surface area contributed by atoms with Gasteiger partial charge in [0.05, 0.1) is 29.7 Å². The van der Waals surface area contributed by atoms with Gasteiger partial charge < -0.3 is 9.80 Å². The number of pyridine rings is 2. The summed E-state index contributed by atoms with van der Waals surface area (Å²) in [5, 5.41) is 18.4. The second-order valence-electron chi connectivity index (χ2n) is 9.44. The fourth-order valence-electron chi connectivity index (χ4n) is 4.54. The van der Waals surface area contributed by atoms with E-state index < -0.39 is 0 Å². The first-order valence-corrected chi connectivity index (χ1v) is 12.5. The molecule has 5 rings (SSSR count). The Morgan fingerprint density at radius 2 is 1.85 bits per heavy atom. The van der Waals surface area contributed by atoms with Crippen molar-refractivity contribution in [2.75, 3.05) is 31.1 Å². The Labute approximate surface area is 226 Å². The highest BCUT2D eigenvalue weighted by Crippen LogP contribution is 2.32. The molecule has 4 aromatic rings. The molecule has 0 radical (unpaired) electrons. The van der Waals surface area contributed by atoms with Gasteiger partial charge in [-0.15, -0.1) is 0 Å². The van der Waals surface area contributed by atoms with Crippen molar-refractivity contribution in [3.05, 3.63) is 66.6 Å². The van der Waals surface area contributed by atoms with Gasteiger partial charge in [0.1, 0.15) is 17.6 Å². The van der Waals surface area contributed by atoms with Crippen LogP contribution in [-0.2, 0) is 11.8 Å². The number of piperazine rings is 1.